The van der Waals surface area contributed by atoms with Crippen molar-refractivity contribution in [2.75, 3.05) is 0 Å². The maximum absolute atomic E-state index is 4.31. The van der Waals surface area contributed by atoms with Gasteiger partial charge in [0.05, 0.1) is 9.90 Å². The van der Waals surface area contributed by atoms with E-state index >= 15 is 0 Å². The van der Waals surface area contributed by atoms with Gasteiger partial charge in [0.25, 0.3) is 0 Å². The molecule has 0 aromatic carbocycles. The molecule has 1 aliphatic heterocycles. The highest BCUT2D eigenvalue weighted by Crippen LogP contribution is 2.16. The molecule has 0 bridgehead atoms. The van der Waals surface area contributed by atoms with Crippen molar-refractivity contribution in [2.45, 2.75) is 25.8 Å². The molecule has 0 saturated carbocycles. The van der Waals surface area contributed by atoms with Crippen molar-refractivity contribution in [3.05, 3.63) is 15.7 Å². The van der Waals surface area contributed by atoms with E-state index in [0.717, 1.165) is 0 Å². The number of halogens is 1. The van der Waals surface area contributed by atoms with E-state index < -0.39 is 0 Å². The molecule has 0 atom stereocenters. The first-order valence-corrected chi connectivity index (χ1v) is 4.66. The lowest BCUT2D eigenvalue weighted by atomic mass is 10.2. The molecule has 1 aromatic heterocycles. The minimum atomic E-state index is 1.17. The van der Waals surface area contributed by atoms with Gasteiger partial charge in [-0.3, -0.25) is 0 Å². The second-order valence-electron chi connectivity index (χ2n) is 2.61. The highest BCUT2D eigenvalue weighted by atomic mass is 127. The average molecular weight is 248 g/mol. The van der Waals surface area contributed by atoms with E-state index in [9.17, 15) is 0 Å². The third-order valence-corrected chi connectivity index (χ3v) is 2.78. The molecule has 54 valence electrons. The number of aromatic nitrogens is 2. The van der Waals surface area contributed by atoms with Crippen LogP contribution in [0.1, 0.15) is 18.7 Å². The van der Waals surface area contributed by atoms with Crippen LogP contribution in [0.25, 0.3) is 0 Å². The lowest BCUT2D eigenvalue weighted by Gasteiger charge is -2.13. The summed E-state index contributed by atoms with van der Waals surface area (Å²) in [6, 6.07) is 0. The highest BCUT2D eigenvalue weighted by molar-refractivity contribution is 14.1. The Balaban J connectivity index is 2.45. The molecule has 2 rings (SSSR count). The van der Waals surface area contributed by atoms with Crippen LogP contribution in [-0.2, 0) is 13.0 Å². The molecule has 3 heteroatoms. The third-order valence-electron chi connectivity index (χ3n) is 1.92. The van der Waals surface area contributed by atoms with Crippen molar-refractivity contribution in [1.29, 1.82) is 0 Å². The Morgan fingerprint density at radius 1 is 1.50 bits per heavy atom. The molecule has 0 radical (unpaired) electrons. The summed E-state index contributed by atoms with van der Waals surface area (Å²) in [7, 11) is 0. The van der Waals surface area contributed by atoms with Crippen LogP contribution in [0.15, 0.2) is 6.20 Å². The first-order chi connectivity index (χ1) is 4.88. The van der Waals surface area contributed by atoms with Gasteiger partial charge in [-0.1, -0.05) is 0 Å². The topological polar surface area (TPSA) is 17.8 Å². The fraction of sp³-hybridized carbons (Fsp3) is 0.571. The van der Waals surface area contributed by atoms with E-state index in [-0.39, 0.29) is 0 Å². The van der Waals surface area contributed by atoms with Gasteiger partial charge in [0.15, 0.2) is 0 Å². The van der Waals surface area contributed by atoms with E-state index in [1.165, 1.54) is 35.3 Å². The molecule has 0 aliphatic carbocycles. The zero-order valence-electron chi connectivity index (χ0n) is 5.68. The van der Waals surface area contributed by atoms with Gasteiger partial charge in [0.1, 0.15) is 5.82 Å². The van der Waals surface area contributed by atoms with Crippen LogP contribution in [0.5, 0.6) is 0 Å². The summed E-state index contributed by atoms with van der Waals surface area (Å²) >= 11 is 2.34. The van der Waals surface area contributed by atoms with E-state index in [1.54, 1.807) is 0 Å². The summed E-state index contributed by atoms with van der Waals surface area (Å²) in [6.07, 6.45) is 5.76. The largest absolute Gasteiger partial charge is 0.324 e. The number of rotatable bonds is 0. The number of hydrogen-bond acceptors (Lipinski definition) is 1. The Kier molecular flexibility index (Phi) is 1.68. The lowest BCUT2D eigenvalue weighted by Crippen LogP contribution is -2.11. The van der Waals surface area contributed by atoms with Crippen molar-refractivity contribution < 1.29 is 0 Å². The molecule has 1 aliphatic rings. The Bertz CT molecular complexity index is 242. The van der Waals surface area contributed by atoms with Gasteiger partial charge in [-0.25, -0.2) is 4.98 Å². The Hall–Kier alpha value is -0.0600. The number of imidazole rings is 1. The Labute approximate surface area is 73.8 Å². The Morgan fingerprint density at radius 2 is 2.40 bits per heavy atom. The predicted octanol–water partition coefficient (Wildman–Crippen LogP) is 1.82. The summed E-state index contributed by atoms with van der Waals surface area (Å²) in [4.78, 5) is 4.31. The molecular weight excluding hydrogens is 239 g/mol. The summed E-state index contributed by atoms with van der Waals surface area (Å²) in [5.74, 6) is 1.27. The van der Waals surface area contributed by atoms with Crippen LogP contribution in [0.4, 0.5) is 0 Å². The maximum atomic E-state index is 4.31. The van der Waals surface area contributed by atoms with Gasteiger partial charge in [-0.15, -0.1) is 0 Å². The summed E-state index contributed by atoms with van der Waals surface area (Å²) in [6.45, 7) is 1.17. The number of fused-ring (bicyclic) bond motifs is 1. The van der Waals surface area contributed by atoms with Gasteiger partial charge in [-0.05, 0) is 35.4 Å². The standard InChI is InChI=1S/C7H9IN2/c8-6-5-9-7-3-1-2-4-10(6)7/h5H,1-4H2. The fourth-order valence-electron chi connectivity index (χ4n) is 1.38. The zero-order valence-corrected chi connectivity index (χ0v) is 7.84. The SMILES string of the molecule is Ic1cnc2n1CCCC2. The van der Waals surface area contributed by atoms with Crippen molar-refractivity contribution >= 4 is 22.6 Å². The van der Waals surface area contributed by atoms with E-state index in [1.807, 2.05) is 6.20 Å². The predicted molar refractivity (Wildman–Crippen MR) is 47.9 cm³/mol. The van der Waals surface area contributed by atoms with Gasteiger partial charge < -0.3 is 4.57 Å². The van der Waals surface area contributed by atoms with Crippen LogP contribution < -0.4 is 0 Å². The number of nitrogens with zero attached hydrogens (tertiary/aromatic N) is 2. The minimum absolute atomic E-state index is 1.17. The molecular formula is C7H9IN2. The Morgan fingerprint density at radius 3 is 3.20 bits per heavy atom. The van der Waals surface area contributed by atoms with Crippen molar-refractivity contribution in [3.8, 4) is 0 Å². The minimum Gasteiger partial charge on any atom is -0.324 e. The first-order valence-electron chi connectivity index (χ1n) is 3.58. The summed E-state index contributed by atoms with van der Waals surface area (Å²) < 4.78 is 3.59. The number of hydrogen-bond donors (Lipinski definition) is 0. The van der Waals surface area contributed by atoms with Crippen LogP contribution >= 0.6 is 22.6 Å². The smallest absolute Gasteiger partial charge is 0.109 e. The molecule has 10 heavy (non-hydrogen) atoms. The van der Waals surface area contributed by atoms with Crippen LogP contribution in [0.2, 0.25) is 0 Å². The average Bonchev–Trinajstić information content (AvgIpc) is 2.34. The van der Waals surface area contributed by atoms with E-state index in [2.05, 4.69) is 32.1 Å². The summed E-state index contributed by atoms with van der Waals surface area (Å²) in [5.41, 5.74) is 0. The zero-order chi connectivity index (χ0) is 6.97. The first kappa shape index (κ1) is 6.64. The van der Waals surface area contributed by atoms with Crippen molar-refractivity contribution in [3.63, 3.8) is 0 Å². The molecule has 2 heterocycles. The molecule has 0 N–H and O–H groups in total. The number of aryl methyl sites for hydroxylation is 1. The molecule has 0 amide bonds. The van der Waals surface area contributed by atoms with E-state index in [4.69, 9.17) is 0 Å². The monoisotopic (exact) mass is 248 g/mol. The molecule has 0 fully saturated rings. The van der Waals surface area contributed by atoms with Gasteiger partial charge in [0.2, 0.25) is 0 Å². The lowest BCUT2D eigenvalue weighted by molar-refractivity contribution is 0.515. The second-order valence-corrected chi connectivity index (χ2v) is 3.71. The van der Waals surface area contributed by atoms with Crippen LogP contribution in [0, 0.1) is 3.70 Å². The second kappa shape index (κ2) is 2.53. The fourth-order valence-corrected chi connectivity index (χ4v) is 2.04. The summed E-state index contributed by atoms with van der Waals surface area (Å²) in [5, 5.41) is 0. The molecule has 0 unspecified atom stereocenters. The van der Waals surface area contributed by atoms with Crippen LogP contribution in [-0.4, -0.2) is 9.55 Å². The van der Waals surface area contributed by atoms with Gasteiger partial charge >= 0.3 is 0 Å². The molecule has 2 nitrogen and oxygen atoms in total. The molecule has 1 aromatic rings. The van der Waals surface area contributed by atoms with Crippen molar-refractivity contribution in [2.24, 2.45) is 0 Å². The van der Waals surface area contributed by atoms with Crippen molar-refractivity contribution in [1.82, 2.24) is 9.55 Å². The maximum Gasteiger partial charge on any atom is 0.109 e. The molecule has 0 saturated heterocycles. The van der Waals surface area contributed by atoms with E-state index in [0.29, 0.717) is 0 Å². The molecule has 0 spiro atoms. The van der Waals surface area contributed by atoms with Crippen LogP contribution in [0.3, 0.4) is 0 Å². The normalized spacial score (nSPS) is 16.9. The highest BCUT2D eigenvalue weighted by Gasteiger charge is 2.11. The van der Waals surface area contributed by atoms with Gasteiger partial charge in [0, 0.05) is 13.0 Å². The third kappa shape index (κ3) is 0.962. The quantitative estimate of drug-likeness (QED) is 0.640. The van der Waals surface area contributed by atoms with Gasteiger partial charge in [-0.2, -0.15) is 0 Å².